The summed E-state index contributed by atoms with van der Waals surface area (Å²) in [4.78, 5) is 12.0. The molecule has 1 aromatic carbocycles. The lowest BCUT2D eigenvalue weighted by molar-refractivity contribution is 0.222. The topological polar surface area (TPSA) is 89.1 Å². The predicted molar refractivity (Wildman–Crippen MR) is 93.3 cm³/mol. The van der Waals surface area contributed by atoms with Crippen LogP contribution in [-0.2, 0) is 0 Å². The summed E-state index contributed by atoms with van der Waals surface area (Å²) in [7, 11) is 0. The molecule has 0 fully saturated rings. The van der Waals surface area contributed by atoms with Crippen molar-refractivity contribution in [2.24, 2.45) is 0 Å². The molecule has 0 spiro atoms. The Kier molecular flexibility index (Phi) is 8.78. The zero-order valence-electron chi connectivity index (χ0n) is 14.8. The van der Waals surface area contributed by atoms with E-state index < -0.39 is 6.03 Å². The van der Waals surface area contributed by atoms with Gasteiger partial charge in [-0.2, -0.15) is 0 Å². The third kappa shape index (κ3) is 5.81. The number of amides is 2. The molecular formula is C17H28N2O5. The first kappa shape index (κ1) is 19.9. The van der Waals surface area contributed by atoms with E-state index >= 15 is 0 Å². The Hall–Kier alpha value is -2.15. The Morgan fingerprint density at radius 3 is 2.00 bits per heavy atom. The van der Waals surface area contributed by atoms with Gasteiger partial charge in [0, 0.05) is 12.1 Å². The van der Waals surface area contributed by atoms with E-state index in [-0.39, 0.29) is 12.6 Å². The molecule has 0 aliphatic carbocycles. The van der Waals surface area contributed by atoms with Crippen LogP contribution in [0.4, 0.5) is 10.5 Å². The van der Waals surface area contributed by atoms with Crippen LogP contribution in [0.3, 0.4) is 0 Å². The highest BCUT2D eigenvalue weighted by Crippen LogP contribution is 2.40. The standard InChI is InChI=1S/C17H28N2O5/c1-5-12(11-20)18-17(21)19-13-9-14(22-6-2)16(24-8-4)15(10-13)23-7-3/h9-10,12,20H,5-8,11H2,1-4H3,(H2,18,19,21). The Bertz CT molecular complexity index is 491. The van der Waals surface area contributed by atoms with E-state index in [0.717, 1.165) is 0 Å². The van der Waals surface area contributed by atoms with Gasteiger partial charge in [-0.3, -0.25) is 0 Å². The van der Waals surface area contributed by atoms with Crippen LogP contribution in [0.1, 0.15) is 34.1 Å². The number of carbonyl (C=O) groups excluding carboxylic acids is 1. The van der Waals surface area contributed by atoms with Crippen LogP contribution >= 0.6 is 0 Å². The molecule has 0 radical (unpaired) electrons. The van der Waals surface area contributed by atoms with Crippen LogP contribution in [-0.4, -0.2) is 43.6 Å². The van der Waals surface area contributed by atoms with Crippen molar-refractivity contribution in [1.82, 2.24) is 5.32 Å². The van der Waals surface area contributed by atoms with Crippen molar-refractivity contribution in [3.63, 3.8) is 0 Å². The molecule has 1 unspecified atom stereocenters. The van der Waals surface area contributed by atoms with E-state index in [1.165, 1.54) is 0 Å². The third-order valence-corrected chi connectivity index (χ3v) is 3.22. The van der Waals surface area contributed by atoms with E-state index in [9.17, 15) is 4.79 Å². The summed E-state index contributed by atoms with van der Waals surface area (Å²) in [5.41, 5.74) is 0.524. The van der Waals surface area contributed by atoms with Crippen molar-refractivity contribution in [2.45, 2.75) is 40.2 Å². The molecule has 1 atom stereocenters. The summed E-state index contributed by atoms with van der Waals surface area (Å²) in [6.07, 6.45) is 0.640. The van der Waals surface area contributed by atoms with Crippen molar-refractivity contribution in [2.75, 3.05) is 31.7 Å². The van der Waals surface area contributed by atoms with E-state index in [2.05, 4.69) is 10.6 Å². The number of ether oxygens (including phenoxy) is 3. The van der Waals surface area contributed by atoms with Gasteiger partial charge in [-0.1, -0.05) is 6.92 Å². The normalized spacial score (nSPS) is 11.5. The molecule has 7 nitrogen and oxygen atoms in total. The number of anilines is 1. The number of hydrogen-bond acceptors (Lipinski definition) is 5. The maximum absolute atomic E-state index is 12.0. The maximum atomic E-state index is 12.0. The number of rotatable bonds is 10. The van der Waals surface area contributed by atoms with Crippen LogP contribution in [0, 0.1) is 0 Å². The van der Waals surface area contributed by atoms with Crippen molar-refractivity contribution < 1.29 is 24.1 Å². The summed E-state index contributed by atoms with van der Waals surface area (Å²) in [5.74, 6) is 1.54. The fourth-order valence-corrected chi connectivity index (χ4v) is 2.09. The van der Waals surface area contributed by atoms with Gasteiger partial charge in [0.15, 0.2) is 11.5 Å². The van der Waals surface area contributed by atoms with Crippen LogP contribution in [0.5, 0.6) is 17.2 Å². The Morgan fingerprint density at radius 2 is 1.58 bits per heavy atom. The number of aliphatic hydroxyl groups is 1. The summed E-state index contributed by atoms with van der Waals surface area (Å²) >= 11 is 0. The van der Waals surface area contributed by atoms with Crippen molar-refractivity contribution >= 4 is 11.7 Å². The number of benzene rings is 1. The van der Waals surface area contributed by atoms with Crippen molar-refractivity contribution in [3.8, 4) is 17.2 Å². The lowest BCUT2D eigenvalue weighted by atomic mass is 10.2. The van der Waals surface area contributed by atoms with Gasteiger partial charge in [0.2, 0.25) is 5.75 Å². The molecule has 0 bridgehead atoms. The minimum Gasteiger partial charge on any atom is -0.490 e. The SMILES string of the molecule is CCOc1cc(NC(=O)NC(CC)CO)cc(OCC)c1OCC. The second-order valence-electron chi connectivity index (χ2n) is 4.99. The predicted octanol–water partition coefficient (Wildman–Crippen LogP) is 2.78. The lowest BCUT2D eigenvalue weighted by Gasteiger charge is -2.18. The first-order valence-corrected chi connectivity index (χ1v) is 8.34. The van der Waals surface area contributed by atoms with Gasteiger partial charge < -0.3 is 30.0 Å². The summed E-state index contributed by atoms with van der Waals surface area (Å²) in [6, 6.07) is 2.70. The first-order chi connectivity index (χ1) is 11.6. The minimum absolute atomic E-state index is 0.110. The third-order valence-electron chi connectivity index (χ3n) is 3.22. The summed E-state index contributed by atoms with van der Waals surface area (Å²) in [5, 5.41) is 14.6. The Balaban J connectivity index is 3.03. The van der Waals surface area contributed by atoms with Crippen LogP contribution in [0.2, 0.25) is 0 Å². The molecule has 0 aliphatic rings. The van der Waals surface area contributed by atoms with E-state index in [0.29, 0.717) is 49.2 Å². The molecule has 0 aliphatic heterocycles. The van der Waals surface area contributed by atoms with Crippen LogP contribution in [0.15, 0.2) is 12.1 Å². The largest absolute Gasteiger partial charge is 0.490 e. The van der Waals surface area contributed by atoms with Gasteiger partial charge in [-0.25, -0.2) is 4.79 Å². The highest BCUT2D eigenvalue weighted by Gasteiger charge is 2.17. The zero-order valence-corrected chi connectivity index (χ0v) is 14.8. The van der Waals surface area contributed by atoms with Gasteiger partial charge in [0.05, 0.1) is 38.2 Å². The zero-order chi connectivity index (χ0) is 17.9. The Morgan fingerprint density at radius 1 is 1.04 bits per heavy atom. The number of urea groups is 1. The summed E-state index contributed by atoms with van der Waals surface area (Å²) < 4.78 is 16.8. The van der Waals surface area contributed by atoms with Crippen LogP contribution in [0.25, 0.3) is 0 Å². The van der Waals surface area contributed by atoms with E-state index in [4.69, 9.17) is 19.3 Å². The molecule has 0 saturated carbocycles. The number of nitrogens with one attached hydrogen (secondary N) is 2. The average Bonchev–Trinajstić information content (AvgIpc) is 2.56. The Labute approximate surface area is 143 Å². The fraction of sp³-hybridized carbons (Fsp3) is 0.588. The van der Waals surface area contributed by atoms with E-state index in [1.807, 2.05) is 27.7 Å². The van der Waals surface area contributed by atoms with Gasteiger partial charge in [0.1, 0.15) is 0 Å². The first-order valence-electron chi connectivity index (χ1n) is 8.34. The van der Waals surface area contributed by atoms with Gasteiger partial charge in [0.25, 0.3) is 0 Å². The number of carbonyl (C=O) groups is 1. The monoisotopic (exact) mass is 340 g/mol. The average molecular weight is 340 g/mol. The van der Waals surface area contributed by atoms with Gasteiger partial charge in [-0.15, -0.1) is 0 Å². The maximum Gasteiger partial charge on any atom is 0.319 e. The van der Waals surface area contributed by atoms with E-state index in [1.54, 1.807) is 12.1 Å². The van der Waals surface area contributed by atoms with Gasteiger partial charge >= 0.3 is 6.03 Å². The van der Waals surface area contributed by atoms with Crippen molar-refractivity contribution in [3.05, 3.63) is 12.1 Å². The molecule has 0 heterocycles. The fourth-order valence-electron chi connectivity index (χ4n) is 2.09. The molecule has 1 rings (SSSR count). The smallest absolute Gasteiger partial charge is 0.319 e. The quantitative estimate of drug-likeness (QED) is 0.609. The lowest BCUT2D eigenvalue weighted by Crippen LogP contribution is -2.39. The molecular weight excluding hydrogens is 312 g/mol. The molecule has 136 valence electrons. The van der Waals surface area contributed by atoms with Gasteiger partial charge in [-0.05, 0) is 27.2 Å². The minimum atomic E-state index is -0.398. The molecule has 0 saturated heterocycles. The van der Waals surface area contributed by atoms with Crippen molar-refractivity contribution in [1.29, 1.82) is 0 Å². The second kappa shape index (κ2) is 10.6. The molecule has 1 aromatic rings. The van der Waals surface area contributed by atoms with Crippen LogP contribution < -0.4 is 24.8 Å². The molecule has 2 amide bonds. The molecule has 24 heavy (non-hydrogen) atoms. The molecule has 0 aromatic heterocycles. The molecule has 3 N–H and O–H groups in total. The highest BCUT2D eigenvalue weighted by molar-refractivity contribution is 5.90. The number of aliphatic hydroxyl groups excluding tert-OH is 1. The number of hydrogen-bond donors (Lipinski definition) is 3. The highest BCUT2D eigenvalue weighted by atomic mass is 16.5. The molecule has 7 heteroatoms. The second-order valence-corrected chi connectivity index (χ2v) is 4.99. The summed E-state index contributed by atoms with van der Waals surface area (Å²) in [6.45, 7) is 8.80.